The molecule has 0 aliphatic heterocycles. The molecule has 0 unspecified atom stereocenters. The lowest BCUT2D eigenvalue weighted by atomic mass is 10.1. The maximum absolute atomic E-state index is 11.1. The number of primary amides is 1. The zero-order chi connectivity index (χ0) is 17.3. The predicted octanol–water partition coefficient (Wildman–Crippen LogP) is 2.66. The van der Waals surface area contributed by atoms with Crippen LogP contribution in [0, 0.1) is 12.8 Å². The van der Waals surface area contributed by atoms with E-state index in [1.807, 2.05) is 11.6 Å². The number of carbonyl (C=O) groups excluding carboxylic acids is 1. The lowest BCUT2D eigenvalue weighted by molar-refractivity contribution is 0.100. The minimum absolute atomic E-state index is 0.427. The average molecular weight is 325 g/mol. The Hall–Kier alpha value is -2.96. The molecule has 124 valence electrons. The molecule has 0 aliphatic carbocycles. The van der Waals surface area contributed by atoms with Crippen molar-refractivity contribution >= 4 is 5.91 Å². The van der Waals surface area contributed by atoms with Gasteiger partial charge in [-0.3, -0.25) is 9.48 Å². The van der Waals surface area contributed by atoms with E-state index in [4.69, 9.17) is 10.3 Å². The molecule has 2 N–H and O–H groups in total. The van der Waals surface area contributed by atoms with Crippen molar-refractivity contribution in [2.75, 3.05) is 0 Å². The molecule has 0 fully saturated rings. The number of nitrogens with two attached hydrogens (primary N) is 1. The predicted molar refractivity (Wildman–Crippen MR) is 89.0 cm³/mol. The van der Waals surface area contributed by atoms with Crippen molar-refractivity contribution in [2.45, 2.75) is 27.3 Å². The third kappa shape index (κ3) is 3.05. The first-order valence-corrected chi connectivity index (χ1v) is 7.72. The van der Waals surface area contributed by atoms with Crippen LogP contribution in [0.4, 0.5) is 0 Å². The van der Waals surface area contributed by atoms with E-state index >= 15 is 0 Å². The second kappa shape index (κ2) is 6.27. The number of hydrogen-bond donors (Lipinski definition) is 1. The number of aromatic nitrogens is 4. The van der Waals surface area contributed by atoms with Gasteiger partial charge in [0, 0.05) is 23.4 Å². The van der Waals surface area contributed by atoms with E-state index in [-0.39, 0.29) is 0 Å². The first kappa shape index (κ1) is 15.9. The summed E-state index contributed by atoms with van der Waals surface area (Å²) in [6, 6.07) is 6.76. The van der Waals surface area contributed by atoms with E-state index in [9.17, 15) is 4.79 Å². The second-order valence-electron chi connectivity index (χ2n) is 6.08. The van der Waals surface area contributed by atoms with E-state index in [2.05, 4.69) is 29.1 Å². The topological polar surface area (TPSA) is 99.8 Å². The molecule has 0 spiro atoms. The number of nitrogens with zero attached hydrogens (tertiary/aromatic N) is 4. The minimum Gasteiger partial charge on any atom is -0.366 e. The fraction of sp³-hybridized carbons (Fsp3) is 0.294. The highest BCUT2D eigenvalue weighted by Gasteiger charge is 2.16. The van der Waals surface area contributed by atoms with Gasteiger partial charge >= 0.3 is 0 Å². The van der Waals surface area contributed by atoms with Crippen LogP contribution >= 0.6 is 0 Å². The number of rotatable bonds is 5. The van der Waals surface area contributed by atoms with Crippen LogP contribution in [0.1, 0.15) is 29.9 Å². The van der Waals surface area contributed by atoms with Crippen molar-refractivity contribution in [2.24, 2.45) is 11.7 Å². The highest BCUT2D eigenvalue weighted by molar-refractivity contribution is 5.93. The molecule has 0 bridgehead atoms. The molecule has 1 aromatic carbocycles. The molecule has 7 heteroatoms. The maximum atomic E-state index is 11.1. The van der Waals surface area contributed by atoms with Crippen LogP contribution in [0.15, 0.2) is 35.0 Å². The Bertz CT molecular complexity index is 861. The van der Waals surface area contributed by atoms with Gasteiger partial charge in [-0.1, -0.05) is 31.1 Å². The van der Waals surface area contributed by atoms with Gasteiger partial charge in [0.05, 0.1) is 11.8 Å². The van der Waals surface area contributed by atoms with Crippen molar-refractivity contribution in [3.05, 3.63) is 41.7 Å². The van der Waals surface area contributed by atoms with E-state index < -0.39 is 5.91 Å². The summed E-state index contributed by atoms with van der Waals surface area (Å²) in [6.07, 6.45) is 1.74. The molecule has 1 amide bonds. The average Bonchev–Trinajstić information content (AvgIpc) is 3.15. The van der Waals surface area contributed by atoms with Gasteiger partial charge < -0.3 is 10.3 Å². The van der Waals surface area contributed by atoms with Gasteiger partial charge in [-0.05, 0) is 25.0 Å². The Morgan fingerprint density at radius 3 is 2.62 bits per heavy atom. The zero-order valence-electron chi connectivity index (χ0n) is 13.9. The normalized spacial score (nSPS) is 11.2. The smallest absolute Gasteiger partial charge is 0.261 e. The molecule has 0 saturated heterocycles. The van der Waals surface area contributed by atoms with Crippen LogP contribution in [0.25, 0.3) is 22.8 Å². The van der Waals surface area contributed by atoms with Gasteiger partial charge in [0.1, 0.15) is 0 Å². The summed E-state index contributed by atoms with van der Waals surface area (Å²) < 4.78 is 7.31. The lowest BCUT2D eigenvalue weighted by Crippen LogP contribution is -2.10. The minimum atomic E-state index is -0.469. The summed E-state index contributed by atoms with van der Waals surface area (Å²) in [5, 5.41) is 8.39. The molecule has 0 saturated carbocycles. The van der Waals surface area contributed by atoms with Crippen LogP contribution < -0.4 is 5.73 Å². The third-order valence-corrected chi connectivity index (χ3v) is 3.73. The Morgan fingerprint density at radius 2 is 2.00 bits per heavy atom. The summed E-state index contributed by atoms with van der Waals surface area (Å²) >= 11 is 0. The summed E-state index contributed by atoms with van der Waals surface area (Å²) in [4.78, 5) is 15.5. The highest BCUT2D eigenvalue weighted by atomic mass is 16.5. The maximum Gasteiger partial charge on any atom is 0.261 e. The number of hydrogen-bond acceptors (Lipinski definition) is 5. The van der Waals surface area contributed by atoms with Crippen LogP contribution in [0.5, 0.6) is 0 Å². The van der Waals surface area contributed by atoms with Crippen LogP contribution in [0.2, 0.25) is 0 Å². The summed E-state index contributed by atoms with van der Waals surface area (Å²) in [5.74, 6) is 0.913. The van der Waals surface area contributed by atoms with Gasteiger partial charge in [0.25, 0.3) is 5.89 Å². The summed E-state index contributed by atoms with van der Waals surface area (Å²) in [7, 11) is 0. The second-order valence-corrected chi connectivity index (χ2v) is 6.08. The van der Waals surface area contributed by atoms with Crippen molar-refractivity contribution in [1.82, 2.24) is 19.9 Å². The molecule has 24 heavy (non-hydrogen) atoms. The zero-order valence-corrected chi connectivity index (χ0v) is 13.9. The van der Waals surface area contributed by atoms with E-state index in [0.717, 1.165) is 23.4 Å². The summed E-state index contributed by atoms with van der Waals surface area (Å²) in [5.41, 5.74) is 8.24. The number of benzene rings is 1. The Balaban J connectivity index is 1.88. The van der Waals surface area contributed by atoms with E-state index in [1.54, 1.807) is 30.5 Å². The monoisotopic (exact) mass is 325 g/mol. The fourth-order valence-corrected chi connectivity index (χ4v) is 2.42. The third-order valence-electron chi connectivity index (χ3n) is 3.73. The van der Waals surface area contributed by atoms with Crippen molar-refractivity contribution in [3.63, 3.8) is 0 Å². The molecule has 3 rings (SSSR count). The molecule has 3 aromatic rings. The molecule has 0 radical (unpaired) electrons. The molecular weight excluding hydrogens is 306 g/mol. The standard InChI is InChI=1S/C17H19N5O2/c1-10(2)9-22-11(3)14(8-19-22)17-20-16(21-24-17)13-6-4-12(5-7-13)15(18)23/h4-8,10H,9H2,1-3H3,(H2,18,23). The van der Waals surface area contributed by atoms with Crippen LogP contribution in [-0.4, -0.2) is 25.8 Å². The van der Waals surface area contributed by atoms with E-state index in [0.29, 0.717) is 23.2 Å². The number of carbonyl (C=O) groups is 1. The molecule has 0 atom stereocenters. The van der Waals surface area contributed by atoms with Gasteiger partial charge in [-0.25, -0.2) is 0 Å². The Kier molecular flexibility index (Phi) is 4.16. The highest BCUT2D eigenvalue weighted by Crippen LogP contribution is 2.25. The molecule has 2 aromatic heterocycles. The van der Waals surface area contributed by atoms with Crippen molar-refractivity contribution in [1.29, 1.82) is 0 Å². The van der Waals surface area contributed by atoms with Crippen molar-refractivity contribution in [3.8, 4) is 22.8 Å². The largest absolute Gasteiger partial charge is 0.366 e. The van der Waals surface area contributed by atoms with Gasteiger partial charge in [-0.15, -0.1) is 0 Å². The van der Waals surface area contributed by atoms with Gasteiger partial charge in [0.2, 0.25) is 11.7 Å². The number of amides is 1. The van der Waals surface area contributed by atoms with E-state index in [1.165, 1.54) is 0 Å². The van der Waals surface area contributed by atoms with Crippen molar-refractivity contribution < 1.29 is 9.32 Å². The van der Waals surface area contributed by atoms with Crippen LogP contribution in [0.3, 0.4) is 0 Å². The fourth-order valence-electron chi connectivity index (χ4n) is 2.42. The van der Waals surface area contributed by atoms with Gasteiger partial charge in [0.15, 0.2) is 0 Å². The Morgan fingerprint density at radius 1 is 1.29 bits per heavy atom. The molecule has 7 nitrogen and oxygen atoms in total. The molecular formula is C17H19N5O2. The first-order valence-electron chi connectivity index (χ1n) is 7.72. The Labute approximate surface area is 139 Å². The summed E-state index contributed by atoms with van der Waals surface area (Å²) in [6.45, 7) is 7.10. The molecule has 2 heterocycles. The SMILES string of the molecule is Cc1c(-c2nc(-c3ccc(C(N)=O)cc3)no2)cnn1CC(C)C. The first-order chi connectivity index (χ1) is 11.5. The molecule has 0 aliphatic rings. The van der Waals surface area contributed by atoms with Crippen LogP contribution in [-0.2, 0) is 6.54 Å². The van der Waals surface area contributed by atoms with Gasteiger partial charge in [-0.2, -0.15) is 10.1 Å². The lowest BCUT2D eigenvalue weighted by Gasteiger charge is -2.06. The quantitative estimate of drug-likeness (QED) is 0.777.